The van der Waals surface area contributed by atoms with E-state index in [4.69, 9.17) is 9.47 Å². The highest BCUT2D eigenvalue weighted by Crippen LogP contribution is 2.28. The molecule has 1 saturated heterocycles. The van der Waals surface area contributed by atoms with Gasteiger partial charge in [0.1, 0.15) is 11.5 Å². The Morgan fingerprint density at radius 2 is 1.89 bits per heavy atom. The SMILES string of the molecule is COc1ccc(Cn2ncc3cc(C(=O)Nc4cccnc4N4CCCCC4)cnc32)c(OC)c1. The molecule has 0 spiro atoms. The van der Waals surface area contributed by atoms with Gasteiger partial charge in [-0.3, -0.25) is 4.79 Å². The second kappa shape index (κ2) is 10.0. The number of hydrogen-bond acceptors (Lipinski definition) is 7. The Labute approximate surface area is 203 Å². The number of nitrogens with zero attached hydrogens (tertiary/aromatic N) is 5. The van der Waals surface area contributed by atoms with E-state index in [2.05, 4.69) is 25.3 Å². The summed E-state index contributed by atoms with van der Waals surface area (Å²) in [5, 5.41) is 8.29. The molecule has 3 aromatic heterocycles. The van der Waals surface area contributed by atoms with Crippen molar-refractivity contribution < 1.29 is 14.3 Å². The smallest absolute Gasteiger partial charge is 0.257 e. The number of ether oxygens (including phenoxy) is 2. The minimum atomic E-state index is -0.227. The lowest BCUT2D eigenvalue weighted by Gasteiger charge is -2.29. The molecule has 0 saturated carbocycles. The van der Waals surface area contributed by atoms with Crippen LogP contribution < -0.4 is 19.7 Å². The highest BCUT2D eigenvalue weighted by molar-refractivity contribution is 6.06. The third kappa shape index (κ3) is 4.75. The zero-order valence-corrected chi connectivity index (χ0v) is 19.9. The summed E-state index contributed by atoms with van der Waals surface area (Å²) in [7, 11) is 3.25. The number of aromatic nitrogens is 4. The summed E-state index contributed by atoms with van der Waals surface area (Å²) >= 11 is 0. The molecule has 0 atom stereocenters. The molecule has 0 radical (unpaired) electrons. The van der Waals surface area contributed by atoms with Gasteiger partial charge in [-0.1, -0.05) is 0 Å². The maximum absolute atomic E-state index is 13.1. The maximum Gasteiger partial charge on any atom is 0.257 e. The molecule has 9 heteroatoms. The summed E-state index contributed by atoms with van der Waals surface area (Å²) in [6.07, 6.45) is 8.57. The van der Waals surface area contributed by atoms with Gasteiger partial charge in [0, 0.05) is 42.5 Å². The van der Waals surface area contributed by atoms with E-state index < -0.39 is 0 Å². The Morgan fingerprint density at radius 3 is 2.69 bits per heavy atom. The van der Waals surface area contributed by atoms with Gasteiger partial charge in [-0.25, -0.2) is 14.6 Å². The van der Waals surface area contributed by atoms with Crippen LogP contribution in [-0.2, 0) is 6.54 Å². The minimum Gasteiger partial charge on any atom is -0.497 e. The number of amides is 1. The molecule has 0 aliphatic carbocycles. The second-order valence-corrected chi connectivity index (χ2v) is 8.49. The van der Waals surface area contributed by atoms with Crippen LogP contribution in [0.15, 0.2) is 55.0 Å². The first-order chi connectivity index (χ1) is 17.2. The molecule has 4 aromatic rings. The van der Waals surface area contributed by atoms with E-state index in [0.29, 0.717) is 29.2 Å². The molecule has 1 aromatic carbocycles. The van der Waals surface area contributed by atoms with E-state index in [1.165, 1.54) is 6.42 Å². The first-order valence-electron chi connectivity index (χ1n) is 11.7. The summed E-state index contributed by atoms with van der Waals surface area (Å²) in [4.78, 5) is 24.4. The normalized spacial score (nSPS) is 13.6. The van der Waals surface area contributed by atoms with Gasteiger partial charge in [0.25, 0.3) is 5.91 Å². The molecule has 1 aliphatic heterocycles. The molecule has 35 heavy (non-hydrogen) atoms. The number of anilines is 2. The van der Waals surface area contributed by atoms with Crippen molar-refractivity contribution in [1.82, 2.24) is 19.7 Å². The van der Waals surface area contributed by atoms with Crippen molar-refractivity contribution in [3.8, 4) is 11.5 Å². The number of methoxy groups -OCH3 is 2. The highest BCUT2D eigenvalue weighted by atomic mass is 16.5. The lowest BCUT2D eigenvalue weighted by atomic mass is 10.1. The van der Waals surface area contributed by atoms with E-state index >= 15 is 0 Å². The van der Waals surface area contributed by atoms with E-state index in [1.54, 1.807) is 37.5 Å². The number of carbonyl (C=O) groups is 1. The number of pyridine rings is 2. The predicted octanol–water partition coefficient (Wildman–Crippen LogP) is 4.13. The Bertz CT molecular complexity index is 1350. The topological polar surface area (TPSA) is 94.4 Å². The van der Waals surface area contributed by atoms with Crippen LogP contribution in [0.1, 0.15) is 35.2 Å². The van der Waals surface area contributed by atoms with Crippen molar-refractivity contribution in [2.24, 2.45) is 0 Å². The van der Waals surface area contributed by atoms with Crippen LogP contribution in [0.25, 0.3) is 11.0 Å². The molecular weight excluding hydrogens is 444 g/mol. The third-order valence-electron chi connectivity index (χ3n) is 6.24. The van der Waals surface area contributed by atoms with Gasteiger partial charge in [-0.15, -0.1) is 0 Å². The fourth-order valence-corrected chi connectivity index (χ4v) is 4.40. The lowest BCUT2D eigenvalue weighted by molar-refractivity contribution is 0.102. The summed E-state index contributed by atoms with van der Waals surface area (Å²) in [5.74, 6) is 2.03. The molecule has 1 amide bonds. The largest absolute Gasteiger partial charge is 0.497 e. The first kappa shape index (κ1) is 22.6. The van der Waals surface area contributed by atoms with Crippen LogP contribution in [-0.4, -0.2) is 53.0 Å². The fourth-order valence-electron chi connectivity index (χ4n) is 4.40. The highest BCUT2D eigenvalue weighted by Gasteiger charge is 2.18. The average Bonchev–Trinajstić information content (AvgIpc) is 3.31. The van der Waals surface area contributed by atoms with Gasteiger partial charge < -0.3 is 19.7 Å². The maximum atomic E-state index is 13.1. The Kier molecular flexibility index (Phi) is 6.47. The van der Waals surface area contributed by atoms with Crippen molar-refractivity contribution >= 4 is 28.4 Å². The summed E-state index contributed by atoms with van der Waals surface area (Å²) < 4.78 is 12.6. The molecule has 5 rings (SSSR count). The van der Waals surface area contributed by atoms with Gasteiger partial charge >= 0.3 is 0 Å². The molecule has 4 heterocycles. The quantitative estimate of drug-likeness (QED) is 0.432. The van der Waals surface area contributed by atoms with Crippen LogP contribution in [0, 0.1) is 0 Å². The van der Waals surface area contributed by atoms with E-state index in [9.17, 15) is 4.79 Å². The number of carbonyl (C=O) groups excluding carboxylic acids is 1. The van der Waals surface area contributed by atoms with Gasteiger partial charge in [-0.05, 0) is 49.6 Å². The Balaban J connectivity index is 1.36. The number of benzene rings is 1. The Morgan fingerprint density at radius 1 is 1.03 bits per heavy atom. The number of nitrogens with one attached hydrogen (secondary N) is 1. The lowest BCUT2D eigenvalue weighted by Crippen LogP contribution is -2.31. The summed E-state index contributed by atoms with van der Waals surface area (Å²) in [6, 6.07) is 11.2. The second-order valence-electron chi connectivity index (χ2n) is 8.49. The van der Waals surface area contributed by atoms with Crippen molar-refractivity contribution in [3.63, 3.8) is 0 Å². The molecule has 0 bridgehead atoms. The number of fused-ring (bicyclic) bond motifs is 1. The van der Waals surface area contributed by atoms with Gasteiger partial charge in [0.05, 0.1) is 38.2 Å². The van der Waals surface area contributed by atoms with Crippen LogP contribution in [0.4, 0.5) is 11.5 Å². The summed E-state index contributed by atoms with van der Waals surface area (Å²) in [6.45, 7) is 2.38. The monoisotopic (exact) mass is 472 g/mol. The molecule has 1 N–H and O–H groups in total. The number of piperidine rings is 1. The number of rotatable bonds is 7. The molecule has 1 aliphatic rings. The van der Waals surface area contributed by atoms with Crippen LogP contribution >= 0.6 is 0 Å². The fraction of sp³-hybridized carbons (Fsp3) is 0.308. The van der Waals surface area contributed by atoms with Gasteiger partial charge in [0.2, 0.25) is 0 Å². The van der Waals surface area contributed by atoms with Crippen molar-refractivity contribution in [3.05, 3.63) is 66.1 Å². The van der Waals surface area contributed by atoms with Gasteiger partial charge in [0.15, 0.2) is 11.5 Å². The van der Waals surface area contributed by atoms with Crippen molar-refractivity contribution in [2.75, 3.05) is 37.5 Å². The van der Waals surface area contributed by atoms with Gasteiger partial charge in [-0.2, -0.15) is 5.10 Å². The molecule has 180 valence electrons. The Hall–Kier alpha value is -4.14. The van der Waals surface area contributed by atoms with E-state index in [-0.39, 0.29) is 5.91 Å². The van der Waals surface area contributed by atoms with Crippen LogP contribution in [0.2, 0.25) is 0 Å². The first-order valence-corrected chi connectivity index (χ1v) is 11.7. The van der Waals surface area contributed by atoms with Crippen LogP contribution in [0.3, 0.4) is 0 Å². The third-order valence-corrected chi connectivity index (χ3v) is 6.24. The molecular formula is C26H28N6O3. The zero-order valence-electron chi connectivity index (χ0n) is 19.9. The van der Waals surface area contributed by atoms with Crippen LogP contribution in [0.5, 0.6) is 11.5 Å². The number of hydrogen-bond donors (Lipinski definition) is 1. The summed E-state index contributed by atoms with van der Waals surface area (Å²) in [5.41, 5.74) is 2.81. The zero-order chi connectivity index (χ0) is 24.2. The van der Waals surface area contributed by atoms with E-state index in [0.717, 1.165) is 48.4 Å². The van der Waals surface area contributed by atoms with Crippen molar-refractivity contribution in [2.45, 2.75) is 25.8 Å². The molecule has 1 fully saturated rings. The van der Waals surface area contributed by atoms with Crippen molar-refractivity contribution in [1.29, 1.82) is 0 Å². The molecule has 9 nitrogen and oxygen atoms in total. The van der Waals surface area contributed by atoms with E-state index in [1.807, 2.05) is 36.4 Å². The standard InChI is InChI=1S/C26H28N6O3/c1-34-21-9-8-18(23(14-21)35-2)17-32-24-19(16-29-32)13-20(15-28-24)26(33)30-22-7-6-10-27-25(22)31-11-4-3-5-12-31/h6-10,13-16H,3-5,11-12,17H2,1-2H3,(H,30,33). The minimum absolute atomic E-state index is 0.227. The molecule has 0 unspecified atom stereocenters. The average molecular weight is 473 g/mol. The predicted molar refractivity (Wildman–Crippen MR) is 134 cm³/mol.